The van der Waals surface area contributed by atoms with Gasteiger partial charge in [-0.05, 0) is 30.2 Å². The number of carbonyl (C=O) groups excluding carboxylic acids is 1. The molecule has 0 unspecified atom stereocenters. The van der Waals surface area contributed by atoms with Crippen LogP contribution in [0, 0.1) is 0 Å². The molecule has 0 bridgehead atoms. The predicted octanol–water partition coefficient (Wildman–Crippen LogP) is 12.6. The van der Waals surface area contributed by atoms with Crippen LogP contribution in [0.5, 0.6) is 11.5 Å². The van der Waals surface area contributed by atoms with Gasteiger partial charge in [0.25, 0.3) is 0 Å². The maximum Gasteiger partial charge on any atom is 0.330 e. The van der Waals surface area contributed by atoms with Crippen molar-refractivity contribution in [2.45, 2.75) is 187 Å². The van der Waals surface area contributed by atoms with E-state index in [0.717, 1.165) is 12.8 Å². The van der Waals surface area contributed by atoms with E-state index in [2.05, 4.69) is 6.92 Å². The van der Waals surface area contributed by atoms with Crippen molar-refractivity contribution in [3.05, 3.63) is 29.8 Å². The number of hydrogen-bond acceptors (Lipinski definition) is 4. The number of ether oxygens (including phenoxy) is 1. The molecule has 1 rings (SSSR count). The number of unbranched alkanes of at least 4 members (excludes halogenated alkanes) is 27. The van der Waals surface area contributed by atoms with Gasteiger partial charge in [0.15, 0.2) is 11.5 Å². The second-order valence-electron chi connectivity index (χ2n) is 12.8. The van der Waals surface area contributed by atoms with E-state index < -0.39 is 0 Å². The van der Waals surface area contributed by atoms with E-state index in [4.69, 9.17) is 4.74 Å². The van der Waals surface area contributed by atoms with Gasteiger partial charge in [0, 0.05) is 6.08 Å². The molecule has 0 saturated carbocycles. The number of phenolic OH excluding ortho intramolecular Hbond substituents is 2. The predicted molar refractivity (Wildman–Crippen MR) is 185 cm³/mol. The highest BCUT2D eigenvalue weighted by Gasteiger charge is 2.01. The molecule has 2 N–H and O–H groups in total. The van der Waals surface area contributed by atoms with Gasteiger partial charge in [-0.1, -0.05) is 186 Å². The van der Waals surface area contributed by atoms with E-state index >= 15 is 0 Å². The summed E-state index contributed by atoms with van der Waals surface area (Å²) in [6, 6.07) is 4.42. The van der Waals surface area contributed by atoms with Crippen LogP contribution >= 0.6 is 0 Å². The lowest BCUT2D eigenvalue weighted by Crippen LogP contribution is -2.02. The standard InChI is InChI=1S/C39H68O4/c1-2-3-4-5-6-7-8-9-10-11-12-13-14-15-16-17-18-19-20-21-22-23-24-25-26-27-28-29-34-43-39(42)33-31-36-30-32-37(40)38(41)35-36/h30-33,35,40-41H,2-29,34H2,1H3/b33-31+. The maximum absolute atomic E-state index is 11.8. The van der Waals surface area contributed by atoms with E-state index in [0.29, 0.717) is 12.2 Å². The molecule has 43 heavy (non-hydrogen) atoms. The molecule has 0 aliphatic heterocycles. The highest BCUT2D eigenvalue weighted by Crippen LogP contribution is 2.25. The summed E-state index contributed by atoms with van der Waals surface area (Å²) in [7, 11) is 0. The summed E-state index contributed by atoms with van der Waals surface area (Å²) in [4.78, 5) is 11.8. The molecule has 0 amide bonds. The van der Waals surface area contributed by atoms with E-state index in [1.54, 1.807) is 12.1 Å². The first-order valence-electron chi connectivity index (χ1n) is 18.5. The topological polar surface area (TPSA) is 66.8 Å². The Morgan fingerprint density at radius 1 is 0.535 bits per heavy atom. The van der Waals surface area contributed by atoms with Crippen LogP contribution in [0.15, 0.2) is 24.3 Å². The molecular formula is C39H68O4. The molecule has 0 aromatic heterocycles. The molecular weight excluding hydrogens is 532 g/mol. The van der Waals surface area contributed by atoms with Crippen molar-refractivity contribution >= 4 is 12.0 Å². The number of hydrogen-bond donors (Lipinski definition) is 2. The quantitative estimate of drug-likeness (QED) is 0.0385. The fraction of sp³-hybridized carbons (Fsp3) is 0.769. The molecule has 1 aromatic rings. The Labute approximate surface area is 266 Å². The number of phenols is 2. The first kappa shape index (κ1) is 39.1. The lowest BCUT2D eigenvalue weighted by atomic mass is 10.0. The SMILES string of the molecule is CCCCCCCCCCCCCCCCCCCCCCCCCCCCCCOC(=O)/C=C/c1ccc(O)c(O)c1. The van der Waals surface area contributed by atoms with Crippen molar-refractivity contribution in [1.29, 1.82) is 0 Å². The largest absolute Gasteiger partial charge is 0.504 e. The van der Waals surface area contributed by atoms with Crippen LogP contribution in [0.2, 0.25) is 0 Å². The average Bonchev–Trinajstić information content (AvgIpc) is 3.01. The van der Waals surface area contributed by atoms with E-state index in [-0.39, 0.29) is 17.5 Å². The van der Waals surface area contributed by atoms with Crippen molar-refractivity contribution in [2.75, 3.05) is 6.61 Å². The van der Waals surface area contributed by atoms with Gasteiger partial charge in [-0.25, -0.2) is 4.79 Å². The van der Waals surface area contributed by atoms with Gasteiger partial charge < -0.3 is 14.9 Å². The van der Waals surface area contributed by atoms with Gasteiger partial charge in [-0.3, -0.25) is 0 Å². The Balaban J connectivity index is 1.71. The maximum atomic E-state index is 11.8. The molecule has 4 nitrogen and oxygen atoms in total. The lowest BCUT2D eigenvalue weighted by molar-refractivity contribution is -0.137. The molecule has 0 saturated heterocycles. The van der Waals surface area contributed by atoms with Gasteiger partial charge in [0.2, 0.25) is 0 Å². The molecule has 0 atom stereocenters. The van der Waals surface area contributed by atoms with Crippen LogP contribution < -0.4 is 0 Å². The third-order valence-corrected chi connectivity index (χ3v) is 8.65. The van der Waals surface area contributed by atoms with Crippen LogP contribution in [0.25, 0.3) is 6.08 Å². The molecule has 0 heterocycles. The Bertz CT molecular complexity index is 787. The van der Waals surface area contributed by atoms with Crippen molar-refractivity contribution < 1.29 is 19.7 Å². The first-order chi connectivity index (χ1) is 21.1. The second kappa shape index (κ2) is 30.1. The summed E-state index contributed by atoms with van der Waals surface area (Å²) in [6.07, 6.45) is 41.8. The van der Waals surface area contributed by atoms with E-state index in [1.807, 2.05) is 0 Å². The first-order valence-corrected chi connectivity index (χ1v) is 18.5. The molecule has 248 valence electrons. The summed E-state index contributed by atoms with van der Waals surface area (Å²) in [5.41, 5.74) is 0.637. The number of benzene rings is 1. The zero-order chi connectivity index (χ0) is 31.1. The lowest BCUT2D eigenvalue weighted by Gasteiger charge is -2.05. The highest BCUT2D eigenvalue weighted by molar-refractivity contribution is 5.87. The Kier molecular flexibility index (Phi) is 27.3. The smallest absolute Gasteiger partial charge is 0.330 e. The third-order valence-electron chi connectivity index (χ3n) is 8.65. The summed E-state index contributed by atoms with van der Waals surface area (Å²) < 4.78 is 5.24. The zero-order valence-corrected chi connectivity index (χ0v) is 28.1. The van der Waals surface area contributed by atoms with Crippen LogP contribution in [0.1, 0.15) is 192 Å². The van der Waals surface area contributed by atoms with Gasteiger partial charge >= 0.3 is 5.97 Å². The van der Waals surface area contributed by atoms with Crippen LogP contribution in [-0.4, -0.2) is 22.8 Å². The second-order valence-corrected chi connectivity index (χ2v) is 12.8. The summed E-state index contributed by atoms with van der Waals surface area (Å²) >= 11 is 0. The molecule has 0 fully saturated rings. The summed E-state index contributed by atoms with van der Waals surface area (Å²) in [6.45, 7) is 2.74. The van der Waals surface area contributed by atoms with Crippen LogP contribution in [0.3, 0.4) is 0 Å². The summed E-state index contributed by atoms with van der Waals surface area (Å²) in [5, 5.41) is 18.8. The Morgan fingerprint density at radius 3 is 1.23 bits per heavy atom. The van der Waals surface area contributed by atoms with Gasteiger partial charge in [0.1, 0.15) is 0 Å². The van der Waals surface area contributed by atoms with Crippen molar-refractivity contribution in [3.8, 4) is 11.5 Å². The zero-order valence-electron chi connectivity index (χ0n) is 28.1. The van der Waals surface area contributed by atoms with Crippen LogP contribution in [-0.2, 0) is 9.53 Å². The van der Waals surface area contributed by atoms with Gasteiger partial charge in [-0.2, -0.15) is 0 Å². The Hall–Kier alpha value is -1.97. The van der Waals surface area contributed by atoms with Gasteiger partial charge in [-0.15, -0.1) is 0 Å². The number of aromatic hydroxyl groups is 2. The Morgan fingerprint density at radius 2 is 0.884 bits per heavy atom. The van der Waals surface area contributed by atoms with E-state index in [9.17, 15) is 15.0 Å². The average molecular weight is 601 g/mol. The van der Waals surface area contributed by atoms with Crippen LogP contribution in [0.4, 0.5) is 0 Å². The van der Waals surface area contributed by atoms with Crippen molar-refractivity contribution in [2.24, 2.45) is 0 Å². The molecule has 0 aliphatic carbocycles. The van der Waals surface area contributed by atoms with E-state index in [1.165, 1.54) is 185 Å². The normalized spacial score (nSPS) is 11.5. The minimum Gasteiger partial charge on any atom is -0.504 e. The molecule has 0 spiro atoms. The van der Waals surface area contributed by atoms with Crippen molar-refractivity contribution in [1.82, 2.24) is 0 Å². The fourth-order valence-electron chi connectivity index (χ4n) is 5.80. The fourth-order valence-corrected chi connectivity index (χ4v) is 5.80. The molecule has 0 radical (unpaired) electrons. The summed E-state index contributed by atoms with van der Waals surface area (Å²) in [5.74, 6) is -0.755. The van der Waals surface area contributed by atoms with Crippen molar-refractivity contribution in [3.63, 3.8) is 0 Å². The number of esters is 1. The minimum atomic E-state index is -0.377. The minimum absolute atomic E-state index is 0.175. The van der Waals surface area contributed by atoms with Gasteiger partial charge in [0.05, 0.1) is 6.61 Å². The molecule has 0 aliphatic rings. The third kappa shape index (κ3) is 26.2. The number of carbonyl (C=O) groups is 1. The number of rotatable bonds is 31. The molecule has 4 heteroatoms. The monoisotopic (exact) mass is 601 g/mol. The molecule has 1 aromatic carbocycles. The highest BCUT2D eigenvalue weighted by atomic mass is 16.5.